The van der Waals surface area contributed by atoms with E-state index in [2.05, 4.69) is 20.6 Å². The number of aryl methyl sites for hydroxylation is 2. The van der Waals surface area contributed by atoms with E-state index in [4.69, 9.17) is 11.6 Å². The summed E-state index contributed by atoms with van der Waals surface area (Å²) in [6.45, 7) is 3.80. The van der Waals surface area contributed by atoms with E-state index in [0.29, 0.717) is 27.9 Å². The van der Waals surface area contributed by atoms with Gasteiger partial charge in [0.1, 0.15) is 0 Å². The lowest BCUT2D eigenvalue weighted by molar-refractivity contribution is 0.102. The maximum absolute atomic E-state index is 12.6. The quantitative estimate of drug-likeness (QED) is 0.711. The Hall–Kier alpha value is -2.92. The molecule has 6 heteroatoms. The van der Waals surface area contributed by atoms with Crippen molar-refractivity contribution in [1.82, 2.24) is 9.97 Å². The average Bonchev–Trinajstić information content (AvgIpc) is 2.54. The van der Waals surface area contributed by atoms with Gasteiger partial charge in [-0.15, -0.1) is 0 Å². The number of halogens is 1. The van der Waals surface area contributed by atoms with E-state index in [1.165, 1.54) is 0 Å². The van der Waals surface area contributed by atoms with Crippen LogP contribution in [0.15, 0.2) is 54.6 Å². The van der Waals surface area contributed by atoms with Gasteiger partial charge in [-0.2, -0.15) is 0 Å². The maximum Gasteiger partial charge on any atom is 0.257 e. The first-order chi connectivity index (χ1) is 12.0. The molecule has 0 saturated carbocycles. The number of benzene rings is 2. The number of rotatable bonds is 4. The lowest BCUT2D eigenvalue weighted by atomic mass is 10.1. The number of hydrogen-bond donors (Lipinski definition) is 2. The zero-order chi connectivity index (χ0) is 17.8. The zero-order valence-corrected chi connectivity index (χ0v) is 14.6. The van der Waals surface area contributed by atoms with Gasteiger partial charge < -0.3 is 10.6 Å². The lowest BCUT2D eigenvalue weighted by Crippen LogP contribution is -2.14. The van der Waals surface area contributed by atoms with Crippen LogP contribution in [0.25, 0.3) is 0 Å². The summed E-state index contributed by atoms with van der Waals surface area (Å²) in [4.78, 5) is 21.3. The standard InChI is InChI=1S/C19H17ClN4O/c1-12-10-13(2)22-19(21-12)24-17-9-4-3-8-16(17)18(25)23-15-7-5-6-14(20)11-15/h3-11H,1-2H3,(H,23,25)(H,21,22,24). The number of nitrogens with zero attached hydrogens (tertiary/aromatic N) is 2. The normalized spacial score (nSPS) is 10.4. The Morgan fingerprint density at radius 3 is 2.40 bits per heavy atom. The molecular formula is C19H17ClN4O. The van der Waals surface area contributed by atoms with Crippen LogP contribution >= 0.6 is 11.6 Å². The van der Waals surface area contributed by atoms with Crippen LogP contribution in [0.3, 0.4) is 0 Å². The molecule has 2 aromatic carbocycles. The van der Waals surface area contributed by atoms with Crippen LogP contribution < -0.4 is 10.6 Å². The minimum atomic E-state index is -0.241. The number of amides is 1. The highest BCUT2D eigenvalue weighted by Gasteiger charge is 2.12. The van der Waals surface area contributed by atoms with Crippen molar-refractivity contribution in [2.45, 2.75) is 13.8 Å². The van der Waals surface area contributed by atoms with Crippen molar-refractivity contribution in [3.63, 3.8) is 0 Å². The highest BCUT2D eigenvalue weighted by molar-refractivity contribution is 6.31. The van der Waals surface area contributed by atoms with Crippen LogP contribution in [0.5, 0.6) is 0 Å². The maximum atomic E-state index is 12.6. The molecule has 1 amide bonds. The van der Waals surface area contributed by atoms with Gasteiger partial charge >= 0.3 is 0 Å². The topological polar surface area (TPSA) is 66.9 Å². The summed E-state index contributed by atoms with van der Waals surface area (Å²) in [6.07, 6.45) is 0. The van der Waals surface area contributed by atoms with Crippen LogP contribution in [0, 0.1) is 13.8 Å². The molecule has 0 fully saturated rings. The van der Waals surface area contributed by atoms with E-state index >= 15 is 0 Å². The Labute approximate surface area is 151 Å². The van der Waals surface area contributed by atoms with Crippen LogP contribution in [-0.4, -0.2) is 15.9 Å². The van der Waals surface area contributed by atoms with Gasteiger partial charge in [0.05, 0.1) is 11.3 Å². The Kier molecular flexibility index (Phi) is 4.95. The van der Waals surface area contributed by atoms with Crippen LogP contribution in [0.4, 0.5) is 17.3 Å². The van der Waals surface area contributed by atoms with Gasteiger partial charge in [0.2, 0.25) is 5.95 Å². The number of anilines is 3. The van der Waals surface area contributed by atoms with Gasteiger partial charge in [-0.25, -0.2) is 9.97 Å². The molecule has 5 nitrogen and oxygen atoms in total. The molecule has 2 N–H and O–H groups in total. The van der Waals surface area contributed by atoms with E-state index in [1.54, 1.807) is 36.4 Å². The molecule has 3 rings (SSSR count). The number of carbonyl (C=O) groups excluding carboxylic acids is 1. The van der Waals surface area contributed by atoms with Crippen molar-refractivity contribution >= 4 is 34.8 Å². The van der Waals surface area contributed by atoms with E-state index in [1.807, 2.05) is 32.0 Å². The van der Waals surface area contributed by atoms with Crippen molar-refractivity contribution < 1.29 is 4.79 Å². The predicted molar refractivity (Wildman–Crippen MR) is 101 cm³/mol. The molecule has 0 aliphatic rings. The molecule has 0 aliphatic carbocycles. The molecule has 0 radical (unpaired) electrons. The first-order valence-electron chi connectivity index (χ1n) is 7.76. The molecule has 1 heterocycles. The Morgan fingerprint density at radius 2 is 1.68 bits per heavy atom. The number of nitrogens with one attached hydrogen (secondary N) is 2. The third-order valence-electron chi connectivity index (χ3n) is 3.48. The lowest BCUT2D eigenvalue weighted by Gasteiger charge is -2.12. The minimum absolute atomic E-state index is 0.241. The monoisotopic (exact) mass is 352 g/mol. The van der Waals surface area contributed by atoms with Gasteiger partial charge in [0, 0.05) is 22.1 Å². The molecule has 1 aromatic heterocycles. The molecule has 0 aliphatic heterocycles. The second-order valence-electron chi connectivity index (χ2n) is 5.61. The summed E-state index contributed by atoms with van der Waals surface area (Å²) in [5.41, 5.74) is 3.47. The molecule has 25 heavy (non-hydrogen) atoms. The second-order valence-corrected chi connectivity index (χ2v) is 6.05. The minimum Gasteiger partial charge on any atom is -0.323 e. The summed E-state index contributed by atoms with van der Waals surface area (Å²) in [5, 5.41) is 6.53. The fourth-order valence-electron chi connectivity index (χ4n) is 2.46. The smallest absolute Gasteiger partial charge is 0.257 e. The van der Waals surface area contributed by atoms with Gasteiger partial charge in [0.15, 0.2) is 0 Å². The Bertz CT molecular complexity index is 907. The van der Waals surface area contributed by atoms with Crippen LogP contribution in [-0.2, 0) is 0 Å². The largest absolute Gasteiger partial charge is 0.323 e. The van der Waals surface area contributed by atoms with Crippen molar-refractivity contribution in [3.05, 3.63) is 76.6 Å². The third kappa shape index (κ3) is 4.33. The fraction of sp³-hybridized carbons (Fsp3) is 0.105. The SMILES string of the molecule is Cc1cc(C)nc(Nc2ccccc2C(=O)Nc2cccc(Cl)c2)n1. The molecule has 0 unspecified atom stereocenters. The van der Waals surface area contributed by atoms with E-state index < -0.39 is 0 Å². The number of carbonyl (C=O) groups is 1. The molecule has 3 aromatic rings. The summed E-state index contributed by atoms with van der Waals surface area (Å²) >= 11 is 5.96. The summed E-state index contributed by atoms with van der Waals surface area (Å²) in [7, 11) is 0. The predicted octanol–water partition coefficient (Wildman–Crippen LogP) is 4.74. The summed E-state index contributed by atoms with van der Waals surface area (Å²) in [6, 6.07) is 16.1. The van der Waals surface area contributed by atoms with Crippen LogP contribution in [0.2, 0.25) is 5.02 Å². The number of hydrogen-bond acceptors (Lipinski definition) is 4. The van der Waals surface area contributed by atoms with E-state index in [0.717, 1.165) is 11.4 Å². The number of para-hydroxylation sites is 1. The summed E-state index contributed by atoms with van der Waals surface area (Å²) < 4.78 is 0. The van der Waals surface area contributed by atoms with E-state index in [-0.39, 0.29) is 5.91 Å². The van der Waals surface area contributed by atoms with Crippen molar-refractivity contribution in [1.29, 1.82) is 0 Å². The highest BCUT2D eigenvalue weighted by atomic mass is 35.5. The van der Waals surface area contributed by atoms with Gasteiger partial charge in [-0.3, -0.25) is 4.79 Å². The molecule has 126 valence electrons. The molecular weight excluding hydrogens is 336 g/mol. The Balaban J connectivity index is 1.86. The zero-order valence-electron chi connectivity index (χ0n) is 13.9. The van der Waals surface area contributed by atoms with Gasteiger partial charge in [0.25, 0.3) is 5.91 Å². The van der Waals surface area contributed by atoms with Gasteiger partial charge in [-0.1, -0.05) is 29.8 Å². The first kappa shape index (κ1) is 16.9. The fourth-order valence-corrected chi connectivity index (χ4v) is 2.65. The molecule has 0 saturated heterocycles. The van der Waals surface area contributed by atoms with E-state index in [9.17, 15) is 4.79 Å². The average molecular weight is 353 g/mol. The molecule has 0 bridgehead atoms. The van der Waals surface area contributed by atoms with Crippen LogP contribution in [0.1, 0.15) is 21.7 Å². The second kappa shape index (κ2) is 7.32. The third-order valence-corrected chi connectivity index (χ3v) is 3.72. The first-order valence-corrected chi connectivity index (χ1v) is 8.14. The van der Waals surface area contributed by atoms with Crippen molar-refractivity contribution in [3.8, 4) is 0 Å². The highest BCUT2D eigenvalue weighted by Crippen LogP contribution is 2.21. The number of aromatic nitrogens is 2. The Morgan fingerprint density at radius 1 is 0.960 bits per heavy atom. The molecule has 0 atom stereocenters. The summed E-state index contributed by atoms with van der Waals surface area (Å²) in [5.74, 6) is 0.218. The van der Waals surface area contributed by atoms with Gasteiger partial charge in [-0.05, 0) is 50.2 Å². The van der Waals surface area contributed by atoms with Crippen molar-refractivity contribution in [2.24, 2.45) is 0 Å². The molecule has 0 spiro atoms. The van der Waals surface area contributed by atoms with Crippen molar-refractivity contribution in [2.75, 3.05) is 10.6 Å².